The molecule has 2 aliphatic rings. The molecule has 1 aliphatic carbocycles. The molecular formula is C19H23N2O3-. The third kappa shape index (κ3) is 3.61. The van der Waals surface area contributed by atoms with E-state index in [4.69, 9.17) is 0 Å². The number of carboxylic acid groups (broad SMARTS) is 1. The van der Waals surface area contributed by atoms with Gasteiger partial charge < -0.3 is 20.1 Å². The highest BCUT2D eigenvalue weighted by Gasteiger charge is 2.25. The zero-order valence-corrected chi connectivity index (χ0v) is 13.8. The number of piperidine rings is 1. The molecule has 128 valence electrons. The summed E-state index contributed by atoms with van der Waals surface area (Å²) in [6.45, 7) is 1.97. The fourth-order valence-electron chi connectivity index (χ4n) is 3.56. The zero-order valence-electron chi connectivity index (χ0n) is 13.8. The highest BCUT2D eigenvalue weighted by Crippen LogP contribution is 2.30. The van der Waals surface area contributed by atoms with Gasteiger partial charge in [0, 0.05) is 30.5 Å². The van der Waals surface area contributed by atoms with Crippen molar-refractivity contribution in [1.29, 1.82) is 0 Å². The van der Waals surface area contributed by atoms with Gasteiger partial charge in [-0.3, -0.25) is 4.79 Å². The first-order chi connectivity index (χ1) is 11.7. The number of nitrogens with zero attached hydrogens (tertiary/aromatic N) is 1. The van der Waals surface area contributed by atoms with E-state index in [2.05, 4.69) is 10.2 Å². The van der Waals surface area contributed by atoms with Crippen molar-refractivity contribution >= 4 is 23.3 Å². The van der Waals surface area contributed by atoms with Crippen molar-refractivity contribution in [2.75, 3.05) is 23.3 Å². The number of anilines is 2. The van der Waals surface area contributed by atoms with Crippen LogP contribution >= 0.6 is 0 Å². The van der Waals surface area contributed by atoms with Gasteiger partial charge in [0.1, 0.15) is 0 Å². The maximum absolute atomic E-state index is 12.6. The molecule has 5 nitrogen and oxygen atoms in total. The number of carbonyl (C=O) groups is 2. The van der Waals surface area contributed by atoms with Crippen molar-refractivity contribution in [3.63, 3.8) is 0 Å². The van der Waals surface area contributed by atoms with E-state index < -0.39 is 11.9 Å². The Labute approximate surface area is 142 Å². The van der Waals surface area contributed by atoms with Gasteiger partial charge in [-0.1, -0.05) is 18.2 Å². The summed E-state index contributed by atoms with van der Waals surface area (Å²) in [6, 6.07) is 7.73. The van der Waals surface area contributed by atoms with E-state index in [1.165, 1.54) is 6.42 Å². The Hall–Kier alpha value is -2.30. The number of rotatable bonds is 4. The second kappa shape index (κ2) is 7.51. The number of allylic oxidation sites excluding steroid dienone is 1. The number of amides is 1. The molecule has 1 aromatic carbocycles. The third-order valence-corrected chi connectivity index (χ3v) is 4.83. The van der Waals surface area contributed by atoms with Crippen LogP contribution in [-0.2, 0) is 9.59 Å². The Morgan fingerprint density at radius 3 is 2.58 bits per heavy atom. The number of aliphatic carboxylic acids is 1. The van der Waals surface area contributed by atoms with E-state index in [0.29, 0.717) is 12.0 Å². The van der Waals surface area contributed by atoms with Crippen LogP contribution in [0.1, 0.15) is 38.5 Å². The first-order valence-corrected chi connectivity index (χ1v) is 8.73. The Bertz CT molecular complexity index is 648. The lowest BCUT2D eigenvalue weighted by Crippen LogP contribution is -2.37. The molecule has 24 heavy (non-hydrogen) atoms. The van der Waals surface area contributed by atoms with E-state index in [1.807, 2.05) is 24.3 Å². The molecule has 0 spiro atoms. The molecule has 0 bridgehead atoms. The lowest BCUT2D eigenvalue weighted by molar-refractivity contribution is -0.310. The molecule has 1 aliphatic heterocycles. The van der Waals surface area contributed by atoms with Crippen molar-refractivity contribution in [3.8, 4) is 0 Å². The number of carbonyl (C=O) groups excluding carboxylic acids is 2. The molecule has 1 fully saturated rings. The minimum Gasteiger partial charge on any atom is -0.549 e. The quantitative estimate of drug-likeness (QED) is 0.919. The summed E-state index contributed by atoms with van der Waals surface area (Å²) in [4.78, 5) is 26.2. The minimum atomic E-state index is -1.17. The smallest absolute Gasteiger partial charge is 0.251 e. The predicted octanol–water partition coefficient (Wildman–Crippen LogP) is 2.09. The van der Waals surface area contributed by atoms with Crippen LogP contribution in [-0.4, -0.2) is 25.0 Å². The SMILES string of the molecule is O=C(Nc1ccccc1N1CCCCC1)C1=CCCC[C@@H]1C(=O)[O-]. The van der Waals surface area contributed by atoms with E-state index in [9.17, 15) is 14.7 Å². The molecular weight excluding hydrogens is 304 g/mol. The summed E-state index contributed by atoms with van der Waals surface area (Å²) in [5.41, 5.74) is 2.08. The second-order valence-electron chi connectivity index (χ2n) is 6.48. The molecule has 1 amide bonds. The van der Waals surface area contributed by atoms with Gasteiger partial charge in [0.25, 0.3) is 5.91 Å². The molecule has 1 N–H and O–H groups in total. The number of para-hydroxylation sites is 2. The van der Waals surface area contributed by atoms with Crippen LogP contribution in [0.4, 0.5) is 11.4 Å². The molecule has 1 saturated heterocycles. The fourth-order valence-corrected chi connectivity index (χ4v) is 3.56. The van der Waals surface area contributed by atoms with E-state index in [1.54, 1.807) is 6.08 Å². The maximum Gasteiger partial charge on any atom is 0.251 e. The number of carboxylic acids is 1. The van der Waals surface area contributed by atoms with Crippen LogP contribution in [0.15, 0.2) is 35.9 Å². The molecule has 0 saturated carbocycles. The van der Waals surface area contributed by atoms with Gasteiger partial charge in [0.05, 0.1) is 11.4 Å². The molecule has 0 aromatic heterocycles. The summed E-state index contributed by atoms with van der Waals surface area (Å²) in [6.07, 6.45) is 7.27. The van der Waals surface area contributed by atoms with Gasteiger partial charge in [0.2, 0.25) is 0 Å². The average Bonchev–Trinajstić information content (AvgIpc) is 2.63. The molecule has 0 unspecified atom stereocenters. The fraction of sp³-hybridized carbons (Fsp3) is 0.474. The molecule has 3 rings (SSSR count). The van der Waals surface area contributed by atoms with Crippen LogP contribution in [0.25, 0.3) is 0 Å². The van der Waals surface area contributed by atoms with E-state index >= 15 is 0 Å². The lowest BCUT2D eigenvalue weighted by atomic mass is 9.87. The van der Waals surface area contributed by atoms with Crippen LogP contribution in [0.2, 0.25) is 0 Å². The molecule has 5 heteroatoms. The van der Waals surface area contributed by atoms with Gasteiger partial charge in [-0.15, -0.1) is 0 Å². The molecule has 1 heterocycles. The zero-order chi connectivity index (χ0) is 16.9. The van der Waals surface area contributed by atoms with Gasteiger partial charge in [0.15, 0.2) is 0 Å². The normalized spacial score (nSPS) is 21.1. The monoisotopic (exact) mass is 327 g/mol. The van der Waals surface area contributed by atoms with Crippen molar-refractivity contribution in [3.05, 3.63) is 35.9 Å². The number of hydrogen-bond donors (Lipinski definition) is 1. The van der Waals surface area contributed by atoms with Gasteiger partial charge in [-0.2, -0.15) is 0 Å². The van der Waals surface area contributed by atoms with Crippen LogP contribution in [0, 0.1) is 5.92 Å². The number of hydrogen-bond acceptors (Lipinski definition) is 4. The number of nitrogens with one attached hydrogen (secondary N) is 1. The van der Waals surface area contributed by atoms with Gasteiger partial charge in [-0.25, -0.2) is 0 Å². The van der Waals surface area contributed by atoms with E-state index in [-0.39, 0.29) is 5.91 Å². The Balaban J connectivity index is 1.79. The topological polar surface area (TPSA) is 72.5 Å². The Kier molecular flexibility index (Phi) is 5.18. The van der Waals surface area contributed by atoms with Gasteiger partial charge >= 0.3 is 0 Å². The summed E-state index contributed by atoms with van der Waals surface area (Å²) >= 11 is 0. The number of benzene rings is 1. The van der Waals surface area contributed by atoms with Crippen LogP contribution in [0.3, 0.4) is 0 Å². The van der Waals surface area contributed by atoms with Crippen molar-refractivity contribution in [1.82, 2.24) is 0 Å². The Morgan fingerprint density at radius 2 is 1.83 bits per heavy atom. The summed E-state index contributed by atoms with van der Waals surface area (Å²) in [5, 5.41) is 14.2. The van der Waals surface area contributed by atoms with Crippen molar-refractivity contribution in [2.45, 2.75) is 38.5 Å². The Morgan fingerprint density at radius 1 is 1.08 bits per heavy atom. The first-order valence-electron chi connectivity index (χ1n) is 8.73. The van der Waals surface area contributed by atoms with Crippen molar-refractivity contribution < 1.29 is 14.7 Å². The lowest BCUT2D eigenvalue weighted by Gasteiger charge is -2.31. The first kappa shape index (κ1) is 16.6. The highest BCUT2D eigenvalue weighted by atomic mass is 16.4. The van der Waals surface area contributed by atoms with Crippen molar-refractivity contribution in [2.24, 2.45) is 5.92 Å². The third-order valence-electron chi connectivity index (χ3n) is 4.83. The summed E-state index contributed by atoms with van der Waals surface area (Å²) < 4.78 is 0. The van der Waals surface area contributed by atoms with Gasteiger partial charge in [-0.05, 0) is 50.7 Å². The predicted molar refractivity (Wildman–Crippen MR) is 91.6 cm³/mol. The highest BCUT2D eigenvalue weighted by molar-refractivity contribution is 6.08. The maximum atomic E-state index is 12.6. The van der Waals surface area contributed by atoms with Crippen LogP contribution in [0.5, 0.6) is 0 Å². The second-order valence-corrected chi connectivity index (χ2v) is 6.48. The summed E-state index contributed by atoms with van der Waals surface area (Å²) in [5.74, 6) is -2.30. The standard InChI is InChI=1S/C19H24N2O3/c22-18(14-8-2-3-9-15(14)19(23)24)20-16-10-4-5-11-17(16)21-12-6-1-7-13-21/h4-5,8,10-11,15H,1-3,6-7,9,12-13H2,(H,20,22)(H,23,24)/p-1/t15-/m0/s1. The van der Waals surface area contributed by atoms with E-state index in [0.717, 1.165) is 50.1 Å². The molecule has 1 atom stereocenters. The summed E-state index contributed by atoms with van der Waals surface area (Å²) in [7, 11) is 0. The molecule has 0 radical (unpaired) electrons. The minimum absolute atomic E-state index is 0.326. The average molecular weight is 327 g/mol. The van der Waals surface area contributed by atoms with Crippen LogP contribution < -0.4 is 15.3 Å². The molecule has 1 aromatic rings. The largest absolute Gasteiger partial charge is 0.549 e.